The standard InChI is InChI=1S/C16H23FN2O2/c1-12(11-19-7-3-2-4-8-19)18-10-13-5-6-14(16(20)21)15(17)9-13/h5-6,9,12,18H,2-4,7-8,10-11H2,1H3,(H,20,21). The van der Waals surface area contributed by atoms with E-state index in [0.717, 1.165) is 25.2 Å². The van der Waals surface area contributed by atoms with Gasteiger partial charge < -0.3 is 15.3 Å². The lowest BCUT2D eigenvalue weighted by Gasteiger charge is -2.29. The number of hydrogen-bond acceptors (Lipinski definition) is 3. The van der Waals surface area contributed by atoms with E-state index >= 15 is 0 Å². The second-order valence-electron chi connectivity index (χ2n) is 5.76. The predicted octanol–water partition coefficient (Wildman–Crippen LogP) is 2.49. The molecule has 2 N–H and O–H groups in total. The van der Waals surface area contributed by atoms with Gasteiger partial charge in [-0.25, -0.2) is 9.18 Å². The summed E-state index contributed by atoms with van der Waals surface area (Å²) in [7, 11) is 0. The normalized spacial score (nSPS) is 17.6. The van der Waals surface area contributed by atoms with Crippen LogP contribution in [0.1, 0.15) is 42.1 Å². The van der Waals surface area contributed by atoms with E-state index in [2.05, 4.69) is 17.1 Å². The van der Waals surface area contributed by atoms with Crippen molar-refractivity contribution >= 4 is 5.97 Å². The monoisotopic (exact) mass is 294 g/mol. The van der Waals surface area contributed by atoms with Gasteiger partial charge in [-0.15, -0.1) is 0 Å². The van der Waals surface area contributed by atoms with E-state index in [9.17, 15) is 9.18 Å². The number of aromatic carboxylic acids is 1. The molecule has 21 heavy (non-hydrogen) atoms. The zero-order chi connectivity index (χ0) is 15.2. The van der Waals surface area contributed by atoms with Gasteiger partial charge in [0.2, 0.25) is 0 Å². The summed E-state index contributed by atoms with van der Waals surface area (Å²) >= 11 is 0. The van der Waals surface area contributed by atoms with Crippen LogP contribution in [0.2, 0.25) is 0 Å². The van der Waals surface area contributed by atoms with Crippen LogP contribution in [0, 0.1) is 5.82 Å². The Morgan fingerprint density at radius 2 is 2.10 bits per heavy atom. The number of carbonyl (C=O) groups is 1. The van der Waals surface area contributed by atoms with E-state index in [1.807, 2.05) is 0 Å². The SMILES string of the molecule is CC(CN1CCCCC1)NCc1ccc(C(=O)O)c(F)c1. The minimum atomic E-state index is -1.23. The molecule has 0 saturated carbocycles. The van der Waals surface area contributed by atoms with Gasteiger partial charge in [0.05, 0.1) is 5.56 Å². The lowest BCUT2D eigenvalue weighted by molar-refractivity contribution is 0.0692. The molecule has 116 valence electrons. The van der Waals surface area contributed by atoms with Crippen molar-refractivity contribution in [3.8, 4) is 0 Å². The van der Waals surface area contributed by atoms with Crippen LogP contribution in [0.5, 0.6) is 0 Å². The van der Waals surface area contributed by atoms with Crippen molar-refractivity contribution in [2.45, 2.75) is 38.8 Å². The zero-order valence-electron chi connectivity index (χ0n) is 12.4. The minimum Gasteiger partial charge on any atom is -0.478 e. The van der Waals surface area contributed by atoms with Gasteiger partial charge in [0, 0.05) is 19.1 Å². The predicted molar refractivity (Wildman–Crippen MR) is 80.0 cm³/mol. The summed E-state index contributed by atoms with van der Waals surface area (Å²) < 4.78 is 13.6. The number of benzene rings is 1. The highest BCUT2D eigenvalue weighted by Gasteiger charge is 2.14. The second-order valence-corrected chi connectivity index (χ2v) is 5.76. The Kier molecular flexibility index (Phi) is 5.70. The van der Waals surface area contributed by atoms with Crippen molar-refractivity contribution < 1.29 is 14.3 Å². The fourth-order valence-corrected chi connectivity index (χ4v) is 2.73. The van der Waals surface area contributed by atoms with Crippen molar-refractivity contribution in [1.29, 1.82) is 0 Å². The maximum atomic E-state index is 13.6. The van der Waals surface area contributed by atoms with E-state index in [-0.39, 0.29) is 5.56 Å². The molecule has 1 saturated heterocycles. The Labute approximate surface area is 125 Å². The molecule has 1 heterocycles. The van der Waals surface area contributed by atoms with E-state index in [1.165, 1.54) is 31.4 Å². The number of hydrogen-bond donors (Lipinski definition) is 2. The fourth-order valence-electron chi connectivity index (χ4n) is 2.73. The number of halogens is 1. The number of nitrogens with zero attached hydrogens (tertiary/aromatic N) is 1. The molecule has 0 aromatic heterocycles. The Hall–Kier alpha value is -1.46. The molecule has 0 bridgehead atoms. The first-order valence-corrected chi connectivity index (χ1v) is 7.53. The number of nitrogens with one attached hydrogen (secondary N) is 1. The van der Waals surface area contributed by atoms with Gasteiger partial charge >= 0.3 is 5.97 Å². The Balaban J connectivity index is 1.81. The average Bonchev–Trinajstić information content (AvgIpc) is 2.46. The van der Waals surface area contributed by atoms with Crippen LogP contribution < -0.4 is 5.32 Å². The van der Waals surface area contributed by atoms with E-state index in [4.69, 9.17) is 5.11 Å². The number of carboxylic acid groups (broad SMARTS) is 1. The van der Waals surface area contributed by atoms with E-state index < -0.39 is 11.8 Å². The van der Waals surface area contributed by atoms with Crippen molar-refractivity contribution in [2.24, 2.45) is 0 Å². The third-order valence-electron chi connectivity index (χ3n) is 3.90. The number of piperidine rings is 1. The highest BCUT2D eigenvalue weighted by atomic mass is 19.1. The van der Waals surface area contributed by atoms with Gasteiger partial charge in [0.15, 0.2) is 0 Å². The topological polar surface area (TPSA) is 52.6 Å². The molecular formula is C16H23FN2O2. The maximum Gasteiger partial charge on any atom is 0.338 e. The largest absolute Gasteiger partial charge is 0.478 e. The number of likely N-dealkylation sites (tertiary alicyclic amines) is 1. The van der Waals surface area contributed by atoms with Crippen molar-refractivity contribution in [1.82, 2.24) is 10.2 Å². The van der Waals surface area contributed by atoms with Gasteiger partial charge in [-0.2, -0.15) is 0 Å². The summed E-state index contributed by atoms with van der Waals surface area (Å²) in [6.07, 6.45) is 3.87. The number of rotatable bonds is 6. The third-order valence-corrected chi connectivity index (χ3v) is 3.90. The Morgan fingerprint density at radius 3 is 2.71 bits per heavy atom. The molecule has 0 aliphatic carbocycles. The maximum absolute atomic E-state index is 13.6. The molecule has 1 aromatic carbocycles. The highest BCUT2D eigenvalue weighted by Crippen LogP contribution is 2.11. The van der Waals surface area contributed by atoms with Crippen LogP contribution in [-0.4, -0.2) is 41.7 Å². The quantitative estimate of drug-likeness (QED) is 0.846. The van der Waals surface area contributed by atoms with Crippen molar-refractivity contribution in [2.75, 3.05) is 19.6 Å². The van der Waals surface area contributed by atoms with Crippen LogP contribution in [0.4, 0.5) is 4.39 Å². The first-order valence-electron chi connectivity index (χ1n) is 7.53. The third kappa shape index (κ3) is 4.79. The molecular weight excluding hydrogens is 271 g/mol. The first-order chi connectivity index (χ1) is 10.1. The summed E-state index contributed by atoms with van der Waals surface area (Å²) in [6, 6.07) is 4.60. The van der Waals surface area contributed by atoms with Crippen LogP contribution in [0.25, 0.3) is 0 Å². The number of carboxylic acids is 1. The average molecular weight is 294 g/mol. The molecule has 1 aliphatic heterocycles. The Morgan fingerprint density at radius 1 is 1.38 bits per heavy atom. The van der Waals surface area contributed by atoms with Crippen molar-refractivity contribution in [3.05, 3.63) is 35.1 Å². The lowest BCUT2D eigenvalue weighted by atomic mass is 10.1. The van der Waals surface area contributed by atoms with Gasteiger partial charge in [-0.05, 0) is 50.6 Å². The summed E-state index contributed by atoms with van der Waals surface area (Å²) in [4.78, 5) is 13.2. The molecule has 1 aromatic rings. The van der Waals surface area contributed by atoms with Crippen LogP contribution in [0.15, 0.2) is 18.2 Å². The van der Waals surface area contributed by atoms with Gasteiger partial charge in [0.1, 0.15) is 5.82 Å². The van der Waals surface area contributed by atoms with Crippen LogP contribution in [0.3, 0.4) is 0 Å². The fraction of sp³-hybridized carbons (Fsp3) is 0.562. The van der Waals surface area contributed by atoms with Gasteiger partial charge in [0.25, 0.3) is 0 Å². The summed E-state index contributed by atoms with van der Waals surface area (Å²) in [5.41, 5.74) is 0.489. The van der Waals surface area contributed by atoms with E-state index in [0.29, 0.717) is 12.6 Å². The molecule has 0 amide bonds. The van der Waals surface area contributed by atoms with Crippen LogP contribution >= 0.6 is 0 Å². The molecule has 1 fully saturated rings. The minimum absolute atomic E-state index is 0.278. The first kappa shape index (κ1) is 15.9. The molecule has 0 radical (unpaired) electrons. The molecule has 1 aliphatic rings. The molecule has 0 spiro atoms. The Bertz CT molecular complexity index is 487. The van der Waals surface area contributed by atoms with Crippen LogP contribution in [-0.2, 0) is 6.54 Å². The highest BCUT2D eigenvalue weighted by molar-refractivity contribution is 5.87. The smallest absolute Gasteiger partial charge is 0.338 e. The van der Waals surface area contributed by atoms with E-state index in [1.54, 1.807) is 6.07 Å². The second kappa shape index (κ2) is 7.52. The molecule has 2 rings (SSSR count). The van der Waals surface area contributed by atoms with Gasteiger partial charge in [-0.1, -0.05) is 12.5 Å². The zero-order valence-corrected chi connectivity index (χ0v) is 12.4. The molecule has 1 atom stereocenters. The van der Waals surface area contributed by atoms with Crippen molar-refractivity contribution in [3.63, 3.8) is 0 Å². The molecule has 4 nitrogen and oxygen atoms in total. The summed E-state index contributed by atoms with van der Waals surface area (Å²) in [5, 5.41) is 12.2. The molecule has 5 heteroatoms. The van der Waals surface area contributed by atoms with Gasteiger partial charge in [-0.3, -0.25) is 0 Å². The molecule has 1 unspecified atom stereocenters. The summed E-state index contributed by atoms with van der Waals surface area (Å²) in [5.74, 6) is -1.91. The summed E-state index contributed by atoms with van der Waals surface area (Å²) in [6.45, 7) is 5.99. The lowest BCUT2D eigenvalue weighted by Crippen LogP contribution is -2.41.